The molecule has 0 radical (unpaired) electrons. The highest BCUT2D eigenvalue weighted by Gasteiger charge is 2.35. The summed E-state index contributed by atoms with van der Waals surface area (Å²) in [5, 5.41) is 9.39. The second-order valence-corrected chi connectivity index (χ2v) is 11.6. The van der Waals surface area contributed by atoms with Gasteiger partial charge < -0.3 is 14.7 Å². The van der Waals surface area contributed by atoms with Crippen LogP contribution in [0, 0.1) is 6.92 Å². The smallest absolute Gasteiger partial charge is 0.410 e. The van der Waals surface area contributed by atoms with E-state index in [0.717, 1.165) is 16.8 Å². The number of aliphatic hydroxyl groups is 1. The maximum Gasteiger partial charge on any atom is 0.410 e. The van der Waals surface area contributed by atoms with Crippen molar-refractivity contribution in [2.24, 2.45) is 0 Å². The van der Waals surface area contributed by atoms with Gasteiger partial charge in [-0.15, -0.1) is 0 Å². The van der Waals surface area contributed by atoms with Crippen LogP contribution in [0.1, 0.15) is 70.4 Å². The molecule has 0 saturated heterocycles. The Kier molecular flexibility index (Phi) is 10.1. The minimum absolute atomic E-state index is 0.0177. The number of nitrogens with zero attached hydrogens (tertiary/aromatic N) is 4. The van der Waals surface area contributed by atoms with E-state index in [-0.39, 0.29) is 25.0 Å². The lowest BCUT2D eigenvalue weighted by atomic mass is 10.1. The molecule has 1 aliphatic rings. The van der Waals surface area contributed by atoms with E-state index in [2.05, 4.69) is 30.0 Å². The molecule has 3 aromatic rings. The molecule has 1 N–H and O–H groups in total. The van der Waals surface area contributed by atoms with Crippen molar-refractivity contribution in [3.05, 3.63) is 100 Å². The summed E-state index contributed by atoms with van der Waals surface area (Å²) in [6.07, 6.45) is 0.0472. The summed E-state index contributed by atoms with van der Waals surface area (Å²) in [6, 6.07) is 20.8. The van der Waals surface area contributed by atoms with Gasteiger partial charge in [0.2, 0.25) is 0 Å². The van der Waals surface area contributed by atoms with E-state index in [1.165, 1.54) is 4.90 Å². The molecule has 0 saturated carbocycles. The number of aromatic nitrogens is 1. The number of pyridine rings is 1. The summed E-state index contributed by atoms with van der Waals surface area (Å²) >= 11 is 0. The number of aryl methyl sites for hydroxylation is 1. The van der Waals surface area contributed by atoms with Gasteiger partial charge in [0.1, 0.15) is 5.60 Å². The molecule has 0 aliphatic carbocycles. The highest BCUT2D eigenvalue weighted by molar-refractivity contribution is 6.21. The summed E-state index contributed by atoms with van der Waals surface area (Å²) in [5.74, 6) is -0.622. The van der Waals surface area contributed by atoms with Crippen molar-refractivity contribution >= 4 is 17.9 Å². The molecule has 9 nitrogen and oxygen atoms in total. The van der Waals surface area contributed by atoms with E-state index >= 15 is 0 Å². The van der Waals surface area contributed by atoms with Crippen molar-refractivity contribution in [1.29, 1.82) is 0 Å². The van der Waals surface area contributed by atoms with Crippen LogP contribution in [-0.2, 0) is 24.4 Å². The molecular weight excluding hydrogens is 532 g/mol. The molecule has 2 aromatic carbocycles. The zero-order valence-corrected chi connectivity index (χ0v) is 24.9. The first-order valence-electron chi connectivity index (χ1n) is 14.3. The number of carbonyl (C=O) groups is 3. The molecule has 0 spiro atoms. The number of rotatable bonds is 12. The number of fused-ring (bicyclic) bond motifs is 1. The monoisotopic (exact) mass is 572 g/mol. The predicted molar refractivity (Wildman–Crippen MR) is 160 cm³/mol. The van der Waals surface area contributed by atoms with Crippen LogP contribution in [0.3, 0.4) is 0 Å². The topological polar surface area (TPSA) is 103 Å². The molecule has 9 heteroatoms. The van der Waals surface area contributed by atoms with Crippen molar-refractivity contribution in [3.8, 4) is 0 Å². The lowest BCUT2D eigenvalue weighted by Gasteiger charge is -2.30. The Morgan fingerprint density at radius 3 is 2.19 bits per heavy atom. The van der Waals surface area contributed by atoms with Gasteiger partial charge in [-0.25, -0.2) is 4.79 Å². The highest BCUT2D eigenvalue weighted by atomic mass is 16.6. The lowest BCUT2D eigenvalue weighted by molar-refractivity contribution is 0.0218. The average molecular weight is 573 g/mol. The summed E-state index contributed by atoms with van der Waals surface area (Å²) in [7, 11) is 0. The molecule has 3 amide bonds. The van der Waals surface area contributed by atoms with Gasteiger partial charge in [0.25, 0.3) is 11.8 Å². The van der Waals surface area contributed by atoms with Gasteiger partial charge in [0.05, 0.1) is 29.1 Å². The van der Waals surface area contributed by atoms with Crippen molar-refractivity contribution < 1.29 is 24.2 Å². The number of hydrogen-bond donors (Lipinski definition) is 1. The minimum Gasteiger partial charge on any atom is -0.444 e. The van der Waals surface area contributed by atoms with Crippen molar-refractivity contribution in [2.75, 3.05) is 26.2 Å². The van der Waals surface area contributed by atoms with Gasteiger partial charge in [-0.1, -0.05) is 48.0 Å². The Bertz CT molecular complexity index is 1380. The minimum atomic E-state index is -0.625. The molecule has 222 valence electrons. The van der Waals surface area contributed by atoms with Crippen molar-refractivity contribution in [1.82, 2.24) is 19.7 Å². The molecule has 4 rings (SSSR count). The Morgan fingerprint density at radius 1 is 0.881 bits per heavy atom. The van der Waals surface area contributed by atoms with Crippen LogP contribution >= 0.6 is 0 Å². The molecule has 42 heavy (non-hydrogen) atoms. The Hall–Kier alpha value is -4.08. The highest BCUT2D eigenvalue weighted by Crippen LogP contribution is 2.24. The number of amides is 3. The van der Waals surface area contributed by atoms with Gasteiger partial charge in [-0.05, 0) is 63.9 Å². The summed E-state index contributed by atoms with van der Waals surface area (Å²) in [5.41, 5.74) is 3.91. The zero-order valence-electron chi connectivity index (χ0n) is 24.9. The van der Waals surface area contributed by atoms with E-state index in [4.69, 9.17) is 9.72 Å². The summed E-state index contributed by atoms with van der Waals surface area (Å²) in [4.78, 5) is 48.6. The van der Waals surface area contributed by atoms with Gasteiger partial charge in [0, 0.05) is 39.3 Å². The molecule has 2 heterocycles. The third-order valence-electron chi connectivity index (χ3n) is 6.86. The van der Waals surface area contributed by atoms with Crippen LogP contribution in [0.15, 0.2) is 66.7 Å². The first kappa shape index (κ1) is 30.9. The summed E-state index contributed by atoms with van der Waals surface area (Å²) < 4.78 is 5.62. The number of imide groups is 1. The molecule has 1 aromatic heterocycles. The fourth-order valence-electron chi connectivity index (χ4n) is 4.91. The van der Waals surface area contributed by atoms with Crippen LogP contribution in [0.5, 0.6) is 0 Å². The predicted octanol–water partition coefficient (Wildman–Crippen LogP) is 4.81. The van der Waals surface area contributed by atoms with Gasteiger partial charge in [-0.2, -0.15) is 0 Å². The molecule has 0 atom stereocenters. The standard InChI is InChI=1S/C33H40N4O5/c1-24-10-7-11-25(20-24)21-35(17-18-36(16-9-19-38)32(41)42-33(2,3)4)22-26-12-8-13-27(34-26)23-37-30(39)28-14-5-6-15-29(28)31(37)40/h5-8,10-15,20,38H,9,16-19,21-23H2,1-4H3. The molecule has 0 fully saturated rings. The zero-order chi connectivity index (χ0) is 30.3. The maximum atomic E-state index is 12.9. The van der Waals surface area contributed by atoms with E-state index in [0.29, 0.717) is 56.0 Å². The number of hydrogen-bond acceptors (Lipinski definition) is 7. The van der Waals surface area contributed by atoms with Crippen LogP contribution in [0.2, 0.25) is 0 Å². The molecule has 0 unspecified atom stereocenters. The molecule has 0 bridgehead atoms. The Morgan fingerprint density at radius 2 is 1.55 bits per heavy atom. The van der Waals surface area contributed by atoms with Crippen LogP contribution in [-0.4, -0.2) is 74.5 Å². The largest absolute Gasteiger partial charge is 0.444 e. The van der Waals surface area contributed by atoms with E-state index in [1.54, 1.807) is 29.2 Å². The SMILES string of the molecule is Cc1cccc(CN(CCN(CCCO)C(=O)OC(C)(C)C)Cc2cccc(CN3C(=O)c4ccccc4C3=O)n2)c1. The lowest BCUT2D eigenvalue weighted by Crippen LogP contribution is -2.42. The van der Waals surface area contributed by atoms with E-state index in [9.17, 15) is 19.5 Å². The van der Waals surface area contributed by atoms with Crippen LogP contribution < -0.4 is 0 Å². The van der Waals surface area contributed by atoms with Gasteiger partial charge in [-0.3, -0.25) is 24.4 Å². The quantitative estimate of drug-likeness (QED) is 0.311. The maximum absolute atomic E-state index is 12.9. The first-order chi connectivity index (χ1) is 20.0. The number of benzene rings is 2. The second kappa shape index (κ2) is 13.7. The fourth-order valence-corrected chi connectivity index (χ4v) is 4.91. The summed E-state index contributed by atoms with van der Waals surface area (Å²) in [6.45, 7) is 10.1. The fraction of sp³-hybridized carbons (Fsp3) is 0.394. The van der Waals surface area contributed by atoms with Gasteiger partial charge in [0.15, 0.2) is 0 Å². The number of aliphatic hydroxyl groups excluding tert-OH is 1. The van der Waals surface area contributed by atoms with Crippen LogP contribution in [0.4, 0.5) is 4.79 Å². The van der Waals surface area contributed by atoms with E-state index in [1.807, 2.05) is 45.0 Å². The Balaban J connectivity index is 1.50. The third kappa shape index (κ3) is 8.24. The number of carbonyl (C=O) groups excluding carboxylic acids is 3. The van der Waals surface area contributed by atoms with Crippen LogP contribution in [0.25, 0.3) is 0 Å². The first-order valence-corrected chi connectivity index (χ1v) is 14.3. The normalized spacial score (nSPS) is 13.0. The van der Waals surface area contributed by atoms with E-state index < -0.39 is 11.7 Å². The second-order valence-electron chi connectivity index (χ2n) is 11.6. The Labute approximate surface area is 247 Å². The van der Waals surface area contributed by atoms with Crippen molar-refractivity contribution in [2.45, 2.75) is 59.4 Å². The molecule has 1 aliphatic heterocycles. The average Bonchev–Trinajstić information content (AvgIpc) is 3.17. The third-order valence-corrected chi connectivity index (χ3v) is 6.86. The number of ether oxygens (including phenoxy) is 1. The molecular formula is C33H40N4O5. The van der Waals surface area contributed by atoms with Crippen molar-refractivity contribution in [3.63, 3.8) is 0 Å². The van der Waals surface area contributed by atoms with Gasteiger partial charge >= 0.3 is 6.09 Å².